The Hall–Kier alpha value is -10.2. The van der Waals surface area contributed by atoms with Gasteiger partial charge in [-0.25, -0.2) is 34.9 Å². The zero-order valence-corrected chi connectivity index (χ0v) is 79.7. The Bertz CT molecular complexity index is 6000. The molecule has 133 heavy (non-hydrogen) atoms. The summed E-state index contributed by atoms with van der Waals surface area (Å²) >= 11 is 5.19. The molecule has 0 atom stereocenters. The number of thiazole rings is 3. The van der Waals surface area contributed by atoms with Gasteiger partial charge in [0.05, 0.1) is 55.3 Å². The van der Waals surface area contributed by atoms with Crippen LogP contribution in [0.4, 0.5) is 37.6 Å². The van der Waals surface area contributed by atoms with Gasteiger partial charge in [-0.15, -0.1) is 0 Å². The van der Waals surface area contributed by atoms with Gasteiger partial charge in [-0.2, -0.15) is 14.4 Å². The first-order valence-corrected chi connectivity index (χ1v) is 52.1. The highest BCUT2D eigenvalue weighted by atomic mass is 32.1. The second-order valence-corrected chi connectivity index (χ2v) is 40.6. The molecule has 0 unspecified atom stereocenters. The van der Waals surface area contributed by atoms with Crippen molar-refractivity contribution in [1.82, 2.24) is 84.3 Å². The maximum atomic E-state index is 14.0. The molecule has 0 radical (unpaired) electrons. The topological polar surface area (TPSA) is 258 Å². The molecule has 23 heterocycles. The van der Waals surface area contributed by atoms with E-state index in [1.165, 1.54) is 237 Å². The van der Waals surface area contributed by atoms with Gasteiger partial charge in [0.1, 0.15) is 35.6 Å². The standard InChI is InChI=1S/C24H28N4O3.C23H29N5O.C21H24FN5S.C18H24N4S.C16H23N5S/c1-2-9-27(10-3-1)18-7-11-28(12-8-18)24-26-23-21(31-24)15-17(16-25-23)19-5-4-6-20-22(19)30-14-13-29-20;1-2-18-7-6-8-20(25-18)17-15-21-22(24-16-17)26-23(29-21)28-13-9-19(10-14-28)27-11-4-3-5-12-27;22-20-16(5-4-8-23-20)17-13-19-18(14-24-17)25-21(28-19)27-11-6-15(7-12-27)26-9-2-1-3-10-26;1-2-14-12-17-16(13-19-14)20-18(23-17)22-10-6-15(7-11-22)21-8-4-3-5-9-21;17-15-10-14-13(11-18-15)19-16(22-14)21-8-4-12(5-9-21)20-6-2-1-3-7-20/h4-6,15-16,18H,1-3,7-14H2;6-8,15-16,19H,2-5,9-14H2,1H3;4-5,8,13-15H,1-3,6-7,9-12H2;2,12-13,15H,1,3-11H2;10-12H,1-9H2,(H2,17,18). The number of nitrogen functional groups attached to an aromatic ring is 1. The number of hydrogen-bond acceptors (Lipinski definition) is 30. The number of nitrogens with zero attached hydrogens (tertiary/aromatic N) is 22. The van der Waals surface area contributed by atoms with E-state index in [0.29, 0.717) is 65.2 Å². The Labute approximate surface area is 791 Å². The third kappa shape index (κ3) is 21.8. The van der Waals surface area contributed by atoms with E-state index in [-0.39, 0.29) is 0 Å². The fourth-order valence-corrected chi connectivity index (χ4v) is 24.7. The number of anilines is 6. The number of fused-ring (bicyclic) bond motifs is 6. The Kier molecular flexibility index (Phi) is 29.4. The summed E-state index contributed by atoms with van der Waals surface area (Å²) in [6.45, 7) is 30.4. The molecule has 0 aliphatic carbocycles. The van der Waals surface area contributed by atoms with Crippen LogP contribution in [0.1, 0.15) is 179 Å². The van der Waals surface area contributed by atoms with Crippen molar-refractivity contribution in [2.24, 2.45) is 0 Å². The van der Waals surface area contributed by atoms with Crippen molar-refractivity contribution in [2.45, 2.75) is 204 Å². The highest BCUT2D eigenvalue weighted by Crippen LogP contribution is 2.43. The number of nitrogens with two attached hydrogens (primary N) is 1. The molecule has 0 amide bonds. The average molecular weight is 1860 g/mol. The monoisotopic (exact) mass is 1850 g/mol. The Morgan fingerprint density at radius 2 is 0.805 bits per heavy atom. The molecular weight excluding hydrogens is 1730 g/mol. The van der Waals surface area contributed by atoms with Crippen molar-refractivity contribution in [3.63, 3.8) is 0 Å². The summed E-state index contributed by atoms with van der Waals surface area (Å²) in [6, 6.07) is 30.6. The van der Waals surface area contributed by atoms with Crippen molar-refractivity contribution >= 4 is 126 Å². The van der Waals surface area contributed by atoms with E-state index in [1.807, 2.05) is 73.2 Å². The third-order valence-corrected chi connectivity index (χ3v) is 32.3. The Balaban J connectivity index is 0.000000104. The summed E-state index contributed by atoms with van der Waals surface area (Å²) in [4.78, 5) is 79.4. The highest BCUT2D eigenvalue weighted by molar-refractivity contribution is 7.23. The normalized spacial score (nSPS) is 20.2. The van der Waals surface area contributed by atoms with Crippen molar-refractivity contribution in [2.75, 3.05) is 174 Å². The van der Waals surface area contributed by atoms with Crippen LogP contribution in [0.5, 0.6) is 11.5 Å². The zero-order chi connectivity index (χ0) is 89.8. The number of ether oxygens (including phenoxy) is 2. The zero-order valence-electron chi connectivity index (χ0n) is 77.2. The molecule has 31 heteroatoms. The third-order valence-electron chi connectivity index (χ3n) is 29.1. The number of hydrogen-bond donors (Lipinski definition) is 1. The number of para-hydroxylation sites is 1. The van der Waals surface area contributed by atoms with E-state index in [9.17, 15) is 4.39 Å². The largest absolute Gasteiger partial charge is 0.486 e. The smallest absolute Gasteiger partial charge is 0.299 e. The van der Waals surface area contributed by atoms with E-state index >= 15 is 0 Å². The first-order chi connectivity index (χ1) is 65.5. The van der Waals surface area contributed by atoms with E-state index in [4.69, 9.17) is 44.0 Å². The second kappa shape index (κ2) is 43.2. The molecular formula is C102H128FN23O4S3. The van der Waals surface area contributed by atoms with Crippen molar-refractivity contribution in [1.29, 1.82) is 0 Å². The molecule has 1 aromatic carbocycles. The number of oxazole rings is 2. The summed E-state index contributed by atoms with van der Waals surface area (Å²) in [6.07, 6.45) is 46.1. The number of halogens is 1. The van der Waals surface area contributed by atoms with Crippen LogP contribution in [-0.2, 0) is 6.42 Å². The maximum absolute atomic E-state index is 14.0. The molecule has 12 aromatic heterocycles. The lowest BCUT2D eigenvalue weighted by Gasteiger charge is -2.40. The highest BCUT2D eigenvalue weighted by Gasteiger charge is 2.35. The molecule has 700 valence electrons. The predicted octanol–water partition coefficient (Wildman–Crippen LogP) is 19.3. The van der Waals surface area contributed by atoms with Gasteiger partial charge in [0, 0.05) is 137 Å². The van der Waals surface area contributed by atoms with E-state index in [1.54, 1.807) is 64.6 Å². The molecule has 13 aromatic rings. The van der Waals surface area contributed by atoms with Gasteiger partial charge >= 0.3 is 0 Å². The summed E-state index contributed by atoms with van der Waals surface area (Å²) in [7, 11) is 0. The Morgan fingerprint density at radius 3 is 1.27 bits per heavy atom. The lowest BCUT2D eigenvalue weighted by atomic mass is 10.0. The number of likely N-dealkylation sites (tertiary alicyclic amines) is 5. The van der Waals surface area contributed by atoms with Crippen LogP contribution in [0.25, 0.3) is 92.8 Å². The van der Waals surface area contributed by atoms with Crippen molar-refractivity contribution in [3.05, 3.63) is 140 Å². The number of pyridine rings is 7. The number of piperidine rings is 10. The van der Waals surface area contributed by atoms with E-state index < -0.39 is 5.95 Å². The van der Waals surface area contributed by atoms with Gasteiger partial charge in [0.25, 0.3) is 12.0 Å². The van der Waals surface area contributed by atoms with Crippen LogP contribution in [-0.4, -0.2) is 259 Å². The van der Waals surface area contributed by atoms with E-state index in [0.717, 1.165) is 188 Å². The molecule has 27 nitrogen and oxygen atoms in total. The fourth-order valence-electron chi connectivity index (χ4n) is 21.6. The maximum Gasteiger partial charge on any atom is 0.299 e. The fraction of sp³-hybridized carbons (Fsp3) is 0.529. The lowest BCUT2D eigenvalue weighted by Crippen LogP contribution is -2.46. The Morgan fingerprint density at radius 1 is 0.391 bits per heavy atom. The molecule has 10 fully saturated rings. The SMILES string of the molecule is C=Cc1cc2sc(N3CCC(N4CCCCC4)CC3)nc2cn1.CCc1cccc(-c2cnc3nc(N4CCC(N5CCCCC5)CC4)oc3c2)n1.Fc1ncccc1-c1cc2sc(N3CCC(N4CCCCC4)CC3)nc2cn1.Nc1cc2sc(N3CCC(N4CCCCC4)CC3)nc2cn1.c1cc2c(c(-c3cnc4nc(N5CCC(N6CCCCC6)CC5)oc4c3)c1)OCCO2. The number of rotatable bonds is 15. The minimum atomic E-state index is -0.487. The minimum Gasteiger partial charge on any atom is -0.486 e. The molecule has 11 aliphatic heterocycles. The number of benzene rings is 1. The number of aryl methyl sites for hydroxylation is 1. The lowest BCUT2D eigenvalue weighted by molar-refractivity contribution is 0.140. The van der Waals surface area contributed by atoms with Gasteiger partial charge in [-0.3, -0.25) is 15.0 Å². The second-order valence-electron chi connectivity index (χ2n) is 37.6. The molecule has 11 aliphatic rings. The first-order valence-electron chi connectivity index (χ1n) is 49.7. The first kappa shape index (κ1) is 90.6. The van der Waals surface area contributed by atoms with Gasteiger partial charge in [-0.1, -0.05) is 97.8 Å². The molecule has 24 rings (SSSR count). The van der Waals surface area contributed by atoms with E-state index in [2.05, 4.69) is 115 Å². The number of aromatic nitrogens is 12. The molecule has 2 N–H and O–H groups in total. The summed E-state index contributed by atoms with van der Waals surface area (Å²) in [5.41, 5.74) is 18.2. The van der Waals surface area contributed by atoms with Gasteiger partial charge in [-0.05, 0) is 267 Å². The van der Waals surface area contributed by atoms with Crippen LogP contribution < -0.4 is 39.7 Å². The van der Waals surface area contributed by atoms with Crippen LogP contribution in [0.3, 0.4) is 0 Å². The molecule has 0 bridgehead atoms. The predicted molar refractivity (Wildman–Crippen MR) is 536 cm³/mol. The van der Waals surface area contributed by atoms with Crippen LogP contribution in [0.2, 0.25) is 0 Å². The molecule has 0 saturated carbocycles. The summed E-state index contributed by atoms with van der Waals surface area (Å²) in [5, 5.41) is 3.33. The van der Waals surface area contributed by atoms with Gasteiger partial charge in [0.15, 0.2) is 38.1 Å². The van der Waals surface area contributed by atoms with Crippen LogP contribution in [0.15, 0.2) is 131 Å². The van der Waals surface area contributed by atoms with Crippen LogP contribution in [0, 0.1) is 5.95 Å². The summed E-state index contributed by atoms with van der Waals surface area (Å²) < 4.78 is 41.2. The average Bonchev–Trinajstić information content (AvgIpc) is 1.61. The van der Waals surface area contributed by atoms with Crippen LogP contribution >= 0.6 is 34.0 Å². The van der Waals surface area contributed by atoms with Crippen molar-refractivity contribution in [3.8, 4) is 45.1 Å². The van der Waals surface area contributed by atoms with Gasteiger partial charge in [0.2, 0.25) is 17.2 Å². The quantitative estimate of drug-likeness (QED) is 0.0935. The van der Waals surface area contributed by atoms with Crippen molar-refractivity contribution < 1.29 is 22.7 Å². The minimum absolute atomic E-state index is 0.432. The molecule has 0 spiro atoms. The summed E-state index contributed by atoms with van der Waals surface area (Å²) in [5.74, 6) is 1.64. The molecule has 10 saturated heterocycles. The van der Waals surface area contributed by atoms with Gasteiger partial charge < -0.3 is 73.0 Å².